The third kappa shape index (κ3) is 2.02. The first-order valence-corrected chi connectivity index (χ1v) is 10.0. The summed E-state index contributed by atoms with van der Waals surface area (Å²) in [7, 11) is 0. The molecule has 0 unspecified atom stereocenters. The molecule has 1 fully saturated rings. The van der Waals surface area contributed by atoms with Crippen LogP contribution in [0.2, 0.25) is 0 Å². The van der Waals surface area contributed by atoms with E-state index in [9.17, 15) is 0 Å². The van der Waals surface area contributed by atoms with Gasteiger partial charge in [0, 0.05) is 13.1 Å². The van der Waals surface area contributed by atoms with Crippen LogP contribution in [0.4, 0.5) is 5.82 Å². The third-order valence-electron chi connectivity index (χ3n) is 5.54. The standard InChI is InChI=1S/C18H18N6OS/c1-2-4-12-11(3-1)13-14-15(17-19-9-21-24(17)10-20-14)26-18(13)22-16(12)23-5-7-25-8-6-23/h9-10H,1-8H2/p+1. The molecule has 0 radical (unpaired) electrons. The number of H-pyrrole nitrogens is 1. The van der Waals surface area contributed by atoms with E-state index in [2.05, 4.69) is 15.0 Å². The van der Waals surface area contributed by atoms with Gasteiger partial charge in [-0.25, -0.2) is 10.1 Å². The number of hydrogen-bond donors (Lipinski definition) is 1. The molecule has 0 spiro atoms. The minimum Gasteiger partial charge on any atom is -0.378 e. The van der Waals surface area contributed by atoms with Crippen LogP contribution < -0.4 is 9.42 Å². The molecule has 5 heterocycles. The van der Waals surface area contributed by atoms with Gasteiger partial charge in [0.25, 0.3) is 0 Å². The van der Waals surface area contributed by atoms with Gasteiger partial charge in [0.15, 0.2) is 16.5 Å². The molecule has 6 rings (SSSR count). The maximum absolute atomic E-state index is 5.55. The Morgan fingerprint density at radius 2 is 1.96 bits per heavy atom. The first-order valence-electron chi connectivity index (χ1n) is 9.20. The second kappa shape index (κ2) is 5.59. The van der Waals surface area contributed by atoms with Gasteiger partial charge in [-0.3, -0.25) is 0 Å². The maximum atomic E-state index is 5.55. The molecular weight excluding hydrogens is 348 g/mol. The second-order valence-corrected chi connectivity index (χ2v) is 7.98. The fraction of sp³-hybridized carbons (Fsp3) is 0.444. The Balaban J connectivity index is 1.69. The zero-order valence-electron chi connectivity index (χ0n) is 14.4. The van der Waals surface area contributed by atoms with Crippen LogP contribution in [0.25, 0.3) is 26.1 Å². The molecule has 132 valence electrons. The lowest BCUT2D eigenvalue weighted by atomic mass is 9.90. The summed E-state index contributed by atoms with van der Waals surface area (Å²) in [5, 5.41) is 4.34. The lowest BCUT2D eigenvalue weighted by molar-refractivity contribution is -0.579. The zero-order valence-corrected chi connectivity index (χ0v) is 15.2. The predicted octanol–water partition coefficient (Wildman–Crippen LogP) is 2.02. The predicted molar refractivity (Wildman–Crippen MR) is 99.9 cm³/mol. The third-order valence-corrected chi connectivity index (χ3v) is 6.61. The van der Waals surface area contributed by atoms with Crippen molar-refractivity contribution < 1.29 is 9.25 Å². The molecule has 8 heteroatoms. The first-order chi connectivity index (χ1) is 12.9. The number of rotatable bonds is 1. The van der Waals surface area contributed by atoms with Crippen LogP contribution >= 0.6 is 11.3 Å². The molecule has 7 nitrogen and oxygen atoms in total. The largest absolute Gasteiger partial charge is 0.378 e. The van der Waals surface area contributed by atoms with Crippen molar-refractivity contribution in [2.75, 3.05) is 31.2 Å². The highest BCUT2D eigenvalue weighted by Gasteiger charge is 2.28. The summed E-state index contributed by atoms with van der Waals surface area (Å²) in [6.07, 6.45) is 8.25. The van der Waals surface area contributed by atoms with Gasteiger partial charge in [-0.1, -0.05) is 4.98 Å². The van der Waals surface area contributed by atoms with Crippen LogP contribution in [0, 0.1) is 0 Å². The highest BCUT2D eigenvalue weighted by molar-refractivity contribution is 7.26. The Hall–Kier alpha value is -2.32. The van der Waals surface area contributed by atoms with Crippen molar-refractivity contribution in [3.05, 3.63) is 23.8 Å². The summed E-state index contributed by atoms with van der Waals surface area (Å²) in [5.41, 5.74) is 4.87. The molecule has 1 N–H and O–H groups in total. The van der Waals surface area contributed by atoms with Gasteiger partial charge in [-0.05, 0) is 36.8 Å². The number of nitrogens with one attached hydrogen (secondary N) is 1. The molecule has 1 saturated heterocycles. The quantitative estimate of drug-likeness (QED) is 0.521. The molecule has 1 aliphatic carbocycles. The molecule has 0 bridgehead atoms. The number of pyridine rings is 1. The Bertz CT molecular complexity index is 1140. The average Bonchev–Trinajstić information content (AvgIpc) is 3.32. The van der Waals surface area contributed by atoms with Crippen LogP contribution in [0.1, 0.15) is 24.0 Å². The fourth-order valence-corrected chi connectivity index (χ4v) is 5.45. The number of nitrogens with zero attached hydrogens (tertiary/aromatic N) is 5. The van der Waals surface area contributed by atoms with Crippen molar-refractivity contribution in [1.29, 1.82) is 0 Å². The summed E-state index contributed by atoms with van der Waals surface area (Å²) in [4.78, 5) is 17.9. The SMILES string of the molecule is c1nc2c3sc4nc(N5CCOCC5)c5c(c4c3nc[n+]2[nH]1)CCCC5. The number of thiophene rings is 1. The normalized spacial score (nSPS) is 18.1. The smallest absolute Gasteiger partial charge is 0.307 e. The Labute approximate surface area is 153 Å². The van der Waals surface area contributed by atoms with E-state index in [1.807, 2.05) is 10.8 Å². The number of ether oxygens (including phenoxy) is 1. The van der Waals surface area contributed by atoms with E-state index in [-0.39, 0.29) is 0 Å². The van der Waals surface area contributed by atoms with Crippen molar-refractivity contribution in [2.24, 2.45) is 0 Å². The monoisotopic (exact) mass is 367 g/mol. The highest BCUT2D eigenvalue weighted by Crippen LogP contribution is 2.41. The summed E-state index contributed by atoms with van der Waals surface area (Å²) < 4.78 is 8.53. The maximum Gasteiger partial charge on any atom is 0.307 e. The van der Waals surface area contributed by atoms with Crippen LogP contribution in [-0.2, 0) is 17.6 Å². The summed E-state index contributed by atoms with van der Waals surface area (Å²) >= 11 is 1.71. The van der Waals surface area contributed by atoms with Gasteiger partial charge in [0.1, 0.15) is 10.6 Å². The van der Waals surface area contributed by atoms with Gasteiger partial charge >= 0.3 is 5.65 Å². The molecule has 0 amide bonds. The van der Waals surface area contributed by atoms with Gasteiger partial charge in [0.05, 0.1) is 18.6 Å². The summed E-state index contributed by atoms with van der Waals surface area (Å²) in [6, 6.07) is 0. The fourth-order valence-electron chi connectivity index (χ4n) is 4.31. The number of aromatic amines is 1. The lowest BCUT2D eigenvalue weighted by Crippen LogP contribution is -2.37. The van der Waals surface area contributed by atoms with Crippen molar-refractivity contribution in [3.8, 4) is 0 Å². The molecule has 26 heavy (non-hydrogen) atoms. The number of morpholine rings is 1. The van der Waals surface area contributed by atoms with Gasteiger partial charge in [0.2, 0.25) is 6.33 Å². The Kier molecular flexibility index (Phi) is 3.18. The van der Waals surface area contributed by atoms with Crippen molar-refractivity contribution in [1.82, 2.24) is 20.1 Å². The molecule has 1 aliphatic heterocycles. The van der Waals surface area contributed by atoms with E-state index in [1.54, 1.807) is 17.7 Å². The summed E-state index contributed by atoms with van der Waals surface area (Å²) in [5.74, 6) is 1.17. The minimum atomic E-state index is 0.785. The van der Waals surface area contributed by atoms with Gasteiger partial charge < -0.3 is 9.64 Å². The number of aromatic nitrogens is 5. The first kappa shape index (κ1) is 14.8. The van der Waals surface area contributed by atoms with E-state index in [0.717, 1.165) is 59.8 Å². The van der Waals surface area contributed by atoms with Gasteiger partial charge in [-0.15, -0.1) is 20.8 Å². The van der Waals surface area contributed by atoms with E-state index >= 15 is 0 Å². The molecule has 4 aromatic heterocycles. The molecule has 4 aromatic rings. The van der Waals surface area contributed by atoms with Crippen molar-refractivity contribution in [3.63, 3.8) is 0 Å². The number of fused-ring (bicyclic) bond motifs is 7. The number of hydrogen-bond acceptors (Lipinski definition) is 6. The topological polar surface area (TPSA) is 71.0 Å². The molecule has 0 atom stereocenters. The van der Waals surface area contributed by atoms with Crippen molar-refractivity contribution in [2.45, 2.75) is 25.7 Å². The van der Waals surface area contributed by atoms with E-state index in [0.29, 0.717) is 0 Å². The van der Waals surface area contributed by atoms with Crippen LogP contribution in [0.3, 0.4) is 0 Å². The average molecular weight is 367 g/mol. The van der Waals surface area contributed by atoms with Crippen molar-refractivity contribution >= 4 is 43.2 Å². The Morgan fingerprint density at radius 1 is 1.12 bits per heavy atom. The van der Waals surface area contributed by atoms with Crippen LogP contribution in [0.15, 0.2) is 12.7 Å². The molecular formula is C18H19N6OS+. The molecule has 0 saturated carbocycles. The summed E-state index contributed by atoms with van der Waals surface area (Å²) in [6.45, 7) is 3.42. The number of anilines is 1. The molecule has 2 aliphatic rings. The van der Waals surface area contributed by atoms with Crippen LogP contribution in [0.5, 0.6) is 0 Å². The van der Waals surface area contributed by atoms with E-state index < -0.39 is 0 Å². The van der Waals surface area contributed by atoms with Gasteiger partial charge in [-0.2, -0.15) is 0 Å². The van der Waals surface area contributed by atoms with E-state index in [1.165, 1.54) is 35.2 Å². The van der Waals surface area contributed by atoms with Crippen LogP contribution in [-0.4, -0.2) is 46.4 Å². The highest BCUT2D eigenvalue weighted by atomic mass is 32.1. The second-order valence-electron chi connectivity index (χ2n) is 6.98. The zero-order chi connectivity index (χ0) is 17.1. The Morgan fingerprint density at radius 3 is 2.85 bits per heavy atom. The molecule has 0 aromatic carbocycles. The number of aryl methyl sites for hydroxylation is 1. The minimum absolute atomic E-state index is 0.785. The lowest BCUT2D eigenvalue weighted by Gasteiger charge is -2.31. The van der Waals surface area contributed by atoms with E-state index in [4.69, 9.17) is 14.7 Å².